The van der Waals surface area contributed by atoms with Crippen molar-refractivity contribution < 1.29 is 0 Å². The first-order valence-corrected chi connectivity index (χ1v) is 14.7. The lowest BCUT2D eigenvalue weighted by atomic mass is 9.97. The number of nitrogens with zero attached hydrogens (tertiary/aromatic N) is 1. The molecule has 0 amide bonds. The Morgan fingerprint density at radius 2 is 1.05 bits per heavy atom. The minimum atomic E-state index is -0.0536. The van der Waals surface area contributed by atoms with Crippen molar-refractivity contribution in [3.63, 3.8) is 0 Å². The van der Waals surface area contributed by atoms with Gasteiger partial charge in [-0.25, -0.2) is 0 Å². The van der Waals surface area contributed by atoms with Gasteiger partial charge >= 0.3 is 0 Å². The number of nitrogens with two attached hydrogens (primary N) is 1. The van der Waals surface area contributed by atoms with Crippen LogP contribution in [0.25, 0.3) is 55.2 Å². The minimum Gasteiger partial charge on any atom is -0.405 e. The Kier molecular flexibility index (Phi) is 7.31. The number of fused-ring (bicyclic) bond motifs is 3. The minimum absolute atomic E-state index is 0.0536. The highest BCUT2D eigenvalue weighted by atomic mass is 15.1. The van der Waals surface area contributed by atoms with Crippen LogP contribution < -0.4 is 11.1 Å². The van der Waals surface area contributed by atoms with E-state index < -0.39 is 0 Å². The summed E-state index contributed by atoms with van der Waals surface area (Å²) in [7, 11) is 0. The number of nitrogens with one attached hydrogen (secondary N) is 1. The predicted octanol–water partition coefficient (Wildman–Crippen LogP) is 9.56. The highest BCUT2D eigenvalue weighted by Crippen LogP contribution is 2.33. The summed E-state index contributed by atoms with van der Waals surface area (Å²) in [5.41, 5.74) is 16.8. The molecule has 7 rings (SSSR count). The molecule has 0 bridgehead atoms. The molecule has 208 valence electrons. The number of benzene rings is 6. The van der Waals surface area contributed by atoms with Crippen LogP contribution >= 0.6 is 0 Å². The molecule has 3 heteroatoms. The zero-order valence-corrected chi connectivity index (χ0v) is 23.9. The van der Waals surface area contributed by atoms with E-state index in [1.807, 2.05) is 12.1 Å². The van der Waals surface area contributed by atoms with Crippen LogP contribution in [0.5, 0.6) is 0 Å². The zero-order chi connectivity index (χ0) is 29.0. The van der Waals surface area contributed by atoms with Crippen LogP contribution in [0.2, 0.25) is 0 Å². The van der Waals surface area contributed by atoms with E-state index in [9.17, 15) is 0 Å². The van der Waals surface area contributed by atoms with E-state index in [0.717, 1.165) is 5.56 Å². The van der Waals surface area contributed by atoms with Gasteiger partial charge in [0.2, 0.25) is 0 Å². The van der Waals surface area contributed by atoms with Crippen LogP contribution in [-0.2, 0) is 6.67 Å². The van der Waals surface area contributed by atoms with Crippen molar-refractivity contribution in [1.82, 2.24) is 9.88 Å². The van der Waals surface area contributed by atoms with E-state index in [1.165, 1.54) is 55.2 Å². The molecule has 0 aliphatic heterocycles. The third-order valence-corrected chi connectivity index (χ3v) is 8.22. The van der Waals surface area contributed by atoms with Gasteiger partial charge in [0.25, 0.3) is 0 Å². The summed E-state index contributed by atoms with van der Waals surface area (Å²) >= 11 is 0. The second-order valence-electron chi connectivity index (χ2n) is 10.8. The van der Waals surface area contributed by atoms with Crippen LogP contribution in [0, 0.1) is 0 Å². The highest BCUT2D eigenvalue weighted by molar-refractivity contribution is 6.09. The molecule has 43 heavy (non-hydrogen) atoms. The van der Waals surface area contributed by atoms with E-state index in [4.69, 9.17) is 5.73 Å². The summed E-state index contributed by atoms with van der Waals surface area (Å²) in [6.45, 7) is 0.632. The lowest BCUT2D eigenvalue weighted by Crippen LogP contribution is -2.23. The van der Waals surface area contributed by atoms with Gasteiger partial charge in [-0.15, -0.1) is 0 Å². The Morgan fingerprint density at radius 3 is 1.77 bits per heavy atom. The average molecular weight is 556 g/mol. The Bertz CT molecular complexity index is 2020. The van der Waals surface area contributed by atoms with Gasteiger partial charge in [-0.05, 0) is 69.4 Å². The maximum atomic E-state index is 5.97. The first kappa shape index (κ1) is 26.5. The molecule has 0 aliphatic rings. The molecule has 0 radical (unpaired) electrons. The lowest BCUT2D eigenvalue weighted by molar-refractivity contribution is 0.536. The normalized spacial score (nSPS) is 12.3. The standard InChI is InChI=1S/C40H33N3/c41-25-24-38(35-15-9-14-33(26-35)32-20-18-31(19-21-32)29-10-3-1-4-11-29)42-28-43-39-17-8-7-16-36(39)37-23-22-34(27-40(37)43)30-12-5-2-6-13-30/h1-27,38,42H,28,41H2/b25-24-. The fourth-order valence-electron chi connectivity index (χ4n) is 6.02. The Hall–Kier alpha value is -5.38. The van der Waals surface area contributed by atoms with Crippen molar-refractivity contribution in [2.75, 3.05) is 0 Å². The fourth-order valence-corrected chi connectivity index (χ4v) is 6.02. The molecule has 0 saturated heterocycles. The van der Waals surface area contributed by atoms with E-state index in [-0.39, 0.29) is 6.04 Å². The second kappa shape index (κ2) is 11.8. The van der Waals surface area contributed by atoms with Gasteiger partial charge in [0.15, 0.2) is 0 Å². The van der Waals surface area contributed by atoms with Gasteiger partial charge in [0.05, 0.1) is 23.7 Å². The van der Waals surface area contributed by atoms with Crippen molar-refractivity contribution in [3.05, 3.63) is 169 Å². The lowest BCUT2D eigenvalue weighted by Gasteiger charge is -2.18. The number of hydrogen-bond acceptors (Lipinski definition) is 2. The number of aromatic nitrogens is 1. The van der Waals surface area contributed by atoms with Crippen molar-refractivity contribution in [2.45, 2.75) is 12.7 Å². The fraction of sp³-hybridized carbons (Fsp3) is 0.0500. The Labute approximate surface area is 252 Å². The van der Waals surface area contributed by atoms with Crippen LogP contribution in [0.4, 0.5) is 0 Å². The number of hydrogen-bond donors (Lipinski definition) is 2. The van der Waals surface area contributed by atoms with Crippen LogP contribution in [-0.4, -0.2) is 4.57 Å². The van der Waals surface area contributed by atoms with Crippen molar-refractivity contribution >= 4 is 21.8 Å². The van der Waals surface area contributed by atoms with Crippen molar-refractivity contribution in [1.29, 1.82) is 0 Å². The number of rotatable bonds is 8. The van der Waals surface area contributed by atoms with Gasteiger partial charge in [-0.2, -0.15) is 0 Å². The van der Waals surface area contributed by atoms with Gasteiger partial charge in [-0.3, -0.25) is 5.32 Å². The molecular formula is C40H33N3. The van der Waals surface area contributed by atoms with E-state index in [1.54, 1.807) is 6.20 Å². The molecule has 0 fully saturated rings. The SMILES string of the molecule is N/C=C\C(NCn1c2ccccc2c2ccc(-c3ccccc3)cc21)c1cccc(-c2ccc(-c3ccccc3)cc2)c1. The molecular weight excluding hydrogens is 522 g/mol. The largest absolute Gasteiger partial charge is 0.405 e. The van der Waals surface area contributed by atoms with E-state index in [0.29, 0.717) is 6.67 Å². The number of para-hydroxylation sites is 1. The highest BCUT2D eigenvalue weighted by Gasteiger charge is 2.14. The quantitative estimate of drug-likeness (QED) is 0.196. The predicted molar refractivity (Wildman–Crippen MR) is 181 cm³/mol. The third-order valence-electron chi connectivity index (χ3n) is 8.22. The van der Waals surface area contributed by atoms with Crippen LogP contribution in [0.15, 0.2) is 164 Å². The molecule has 0 aliphatic carbocycles. The van der Waals surface area contributed by atoms with Gasteiger partial charge in [0.1, 0.15) is 0 Å². The van der Waals surface area contributed by atoms with Crippen molar-refractivity contribution in [2.24, 2.45) is 5.73 Å². The molecule has 0 spiro atoms. The van der Waals surface area contributed by atoms with Gasteiger partial charge < -0.3 is 10.3 Å². The molecule has 0 saturated carbocycles. The summed E-state index contributed by atoms with van der Waals surface area (Å²) in [5, 5.41) is 6.30. The molecule has 1 aromatic heterocycles. The molecule has 6 aromatic carbocycles. The van der Waals surface area contributed by atoms with Crippen LogP contribution in [0.1, 0.15) is 11.6 Å². The van der Waals surface area contributed by atoms with Gasteiger partial charge in [0, 0.05) is 10.8 Å². The van der Waals surface area contributed by atoms with Gasteiger partial charge in [-0.1, -0.05) is 133 Å². The van der Waals surface area contributed by atoms with Crippen molar-refractivity contribution in [3.8, 4) is 33.4 Å². The summed E-state index contributed by atoms with van der Waals surface area (Å²) in [4.78, 5) is 0. The topological polar surface area (TPSA) is 43.0 Å². The molecule has 1 atom stereocenters. The van der Waals surface area contributed by atoms with Crippen LogP contribution in [0.3, 0.4) is 0 Å². The molecule has 7 aromatic rings. The summed E-state index contributed by atoms with van der Waals surface area (Å²) < 4.78 is 2.38. The maximum absolute atomic E-state index is 5.97. The summed E-state index contributed by atoms with van der Waals surface area (Å²) in [6.07, 6.45) is 3.67. The van der Waals surface area contributed by atoms with E-state index >= 15 is 0 Å². The second-order valence-corrected chi connectivity index (χ2v) is 10.8. The average Bonchev–Trinajstić information content (AvgIpc) is 3.40. The zero-order valence-electron chi connectivity index (χ0n) is 23.9. The first-order valence-electron chi connectivity index (χ1n) is 14.7. The Morgan fingerprint density at radius 1 is 0.512 bits per heavy atom. The smallest absolute Gasteiger partial charge is 0.0739 e. The molecule has 3 N–H and O–H groups in total. The Balaban J connectivity index is 1.20. The first-order chi connectivity index (χ1) is 21.3. The molecule has 3 nitrogen and oxygen atoms in total. The summed E-state index contributed by atoms with van der Waals surface area (Å²) in [5.74, 6) is 0. The summed E-state index contributed by atoms with van der Waals surface area (Å²) in [6, 6.07) is 53.9. The maximum Gasteiger partial charge on any atom is 0.0739 e. The third kappa shape index (κ3) is 5.34. The molecule has 1 heterocycles. The van der Waals surface area contributed by atoms with E-state index in [2.05, 4.69) is 155 Å². The monoisotopic (exact) mass is 555 g/mol. The molecule has 1 unspecified atom stereocenters.